The summed E-state index contributed by atoms with van der Waals surface area (Å²) in [5.41, 5.74) is 0.995. The number of aryl methyl sites for hydroxylation is 1. The lowest BCUT2D eigenvalue weighted by atomic mass is 9.99. The molecule has 0 bridgehead atoms. The van der Waals surface area contributed by atoms with Crippen LogP contribution in [0.4, 0.5) is 0 Å². The van der Waals surface area contributed by atoms with Crippen molar-refractivity contribution in [2.24, 2.45) is 11.8 Å². The summed E-state index contributed by atoms with van der Waals surface area (Å²) in [6.07, 6.45) is 3.72. The van der Waals surface area contributed by atoms with E-state index in [0.717, 1.165) is 12.0 Å². The predicted molar refractivity (Wildman–Crippen MR) is 83.9 cm³/mol. The number of carbonyl (C=O) groups excluding carboxylic acids is 1. The first-order chi connectivity index (χ1) is 10.8. The van der Waals surface area contributed by atoms with Gasteiger partial charge >= 0.3 is 5.97 Å². The third kappa shape index (κ3) is 3.48. The maximum atomic E-state index is 12.4. The second-order valence-corrected chi connectivity index (χ2v) is 7.82. The molecule has 5 nitrogen and oxygen atoms in total. The van der Waals surface area contributed by atoms with Gasteiger partial charge < -0.3 is 4.74 Å². The molecule has 0 amide bonds. The van der Waals surface area contributed by atoms with E-state index in [1.165, 1.54) is 6.92 Å². The van der Waals surface area contributed by atoms with Crippen LogP contribution in [-0.4, -0.2) is 20.5 Å². The van der Waals surface area contributed by atoms with E-state index in [9.17, 15) is 13.2 Å². The van der Waals surface area contributed by atoms with Gasteiger partial charge in [-0.2, -0.15) is 8.42 Å². The molecule has 0 aliphatic heterocycles. The standard InChI is InChI=1S/C17H20O5S/c1-11-3-6-15(7-4-11)23(19,20)22-17-8-5-13-9-14(10-16(13)17)21-12(2)18/h3-4,6-7,10,13,16-17H,5,8-9H2,1-2H3. The van der Waals surface area contributed by atoms with Gasteiger partial charge in [-0.05, 0) is 43.9 Å². The lowest BCUT2D eigenvalue weighted by molar-refractivity contribution is -0.137. The quantitative estimate of drug-likeness (QED) is 0.624. The molecular weight excluding hydrogens is 316 g/mol. The number of hydrogen-bond donors (Lipinski definition) is 0. The van der Waals surface area contributed by atoms with E-state index in [-0.39, 0.29) is 22.9 Å². The smallest absolute Gasteiger partial charge is 0.307 e. The van der Waals surface area contributed by atoms with Gasteiger partial charge in [-0.3, -0.25) is 8.98 Å². The molecule has 0 spiro atoms. The Morgan fingerprint density at radius 3 is 2.52 bits per heavy atom. The van der Waals surface area contributed by atoms with Gasteiger partial charge in [-0.1, -0.05) is 17.7 Å². The highest BCUT2D eigenvalue weighted by Gasteiger charge is 2.42. The maximum absolute atomic E-state index is 12.4. The van der Waals surface area contributed by atoms with Gasteiger partial charge in [0.05, 0.1) is 11.0 Å². The largest absolute Gasteiger partial charge is 0.432 e. The third-order valence-corrected chi connectivity index (χ3v) is 5.82. The highest BCUT2D eigenvalue weighted by atomic mass is 32.2. The van der Waals surface area contributed by atoms with Crippen LogP contribution >= 0.6 is 0 Å². The summed E-state index contributed by atoms with van der Waals surface area (Å²) in [5, 5.41) is 0. The molecular formula is C17H20O5S. The number of allylic oxidation sites excluding steroid dienone is 1. The lowest BCUT2D eigenvalue weighted by Gasteiger charge is -2.17. The van der Waals surface area contributed by atoms with E-state index in [0.29, 0.717) is 24.5 Å². The fourth-order valence-electron chi connectivity index (χ4n) is 3.39. The van der Waals surface area contributed by atoms with Crippen LogP contribution in [0.25, 0.3) is 0 Å². The lowest BCUT2D eigenvalue weighted by Crippen LogP contribution is -2.22. The average molecular weight is 336 g/mol. The zero-order valence-corrected chi connectivity index (χ0v) is 14.0. The predicted octanol–water partition coefficient (Wildman–Crippen LogP) is 2.95. The molecule has 3 unspecified atom stereocenters. The average Bonchev–Trinajstić information content (AvgIpc) is 3.00. The summed E-state index contributed by atoms with van der Waals surface area (Å²) in [7, 11) is -3.78. The van der Waals surface area contributed by atoms with Gasteiger partial charge in [0.15, 0.2) is 0 Å². The van der Waals surface area contributed by atoms with Crippen LogP contribution in [0.3, 0.4) is 0 Å². The van der Waals surface area contributed by atoms with Crippen LogP contribution in [0.5, 0.6) is 0 Å². The molecule has 3 atom stereocenters. The Bertz CT molecular complexity index is 733. The van der Waals surface area contributed by atoms with Crippen molar-refractivity contribution < 1.29 is 22.1 Å². The molecule has 1 saturated carbocycles. The van der Waals surface area contributed by atoms with Crippen molar-refractivity contribution in [1.29, 1.82) is 0 Å². The van der Waals surface area contributed by atoms with Gasteiger partial charge in [-0.15, -0.1) is 0 Å². The van der Waals surface area contributed by atoms with E-state index in [1.54, 1.807) is 24.3 Å². The molecule has 2 aliphatic carbocycles. The summed E-state index contributed by atoms with van der Waals surface area (Å²) >= 11 is 0. The first-order valence-electron chi connectivity index (χ1n) is 7.74. The molecule has 1 aromatic rings. The van der Waals surface area contributed by atoms with Crippen LogP contribution in [-0.2, 0) is 23.8 Å². The minimum atomic E-state index is -3.78. The van der Waals surface area contributed by atoms with Gasteiger partial charge in [-0.25, -0.2) is 0 Å². The van der Waals surface area contributed by atoms with Gasteiger partial charge in [0, 0.05) is 19.3 Å². The summed E-state index contributed by atoms with van der Waals surface area (Å²) < 4.78 is 35.5. The van der Waals surface area contributed by atoms with Crippen molar-refractivity contribution >= 4 is 16.1 Å². The van der Waals surface area contributed by atoms with Crippen molar-refractivity contribution in [3.63, 3.8) is 0 Å². The van der Waals surface area contributed by atoms with Gasteiger partial charge in [0.1, 0.15) is 5.76 Å². The third-order valence-electron chi connectivity index (χ3n) is 4.47. The van der Waals surface area contributed by atoms with Crippen molar-refractivity contribution in [3.05, 3.63) is 41.7 Å². The Morgan fingerprint density at radius 1 is 1.17 bits per heavy atom. The minimum Gasteiger partial charge on any atom is -0.432 e. The fraction of sp³-hybridized carbons (Fsp3) is 0.471. The molecule has 1 aromatic carbocycles. The molecule has 0 heterocycles. The molecule has 6 heteroatoms. The number of rotatable bonds is 4. The van der Waals surface area contributed by atoms with Crippen LogP contribution < -0.4 is 0 Å². The van der Waals surface area contributed by atoms with Crippen LogP contribution in [0.2, 0.25) is 0 Å². The zero-order valence-electron chi connectivity index (χ0n) is 13.2. The van der Waals surface area contributed by atoms with E-state index < -0.39 is 10.1 Å². The van der Waals surface area contributed by atoms with E-state index in [2.05, 4.69) is 0 Å². The Kier molecular flexibility index (Phi) is 4.29. The first-order valence-corrected chi connectivity index (χ1v) is 9.15. The monoisotopic (exact) mass is 336 g/mol. The second kappa shape index (κ2) is 6.09. The van der Waals surface area contributed by atoms with Crippen molar-refractivity contribution in [2.75, 3.05) is 0 Å². The second-order valence-electron chi connectivity index (χ2n) is 6.25. The highest BCUT2D eigenvalue weighted by Crippen LogP contribution is 2.45. The van der Waals surface area contributed by atoms with Crippen molar-refractivity contribution in [3.8, 4) is 0 Å². The fourth-order valence-corrected chi connectivity index (χ4v) is 4.52. The van der Waals surface area contributed by atoms with Crippen LogP contribution in [0.1, 0.15) is 31.7 Å². The number of hydrogen-bond acceptors (Lipinski definition) is 5. The molecule has 1 fully saturated rings. The number of fused-ring (bicyclic) bond motifs is 1. The van der Waals surface area contributed by atoms with Gasteiger partial charge in [0.2, 0.25) is 0 Å². The summed E-state index contributed by atoms with van der Waals surface area (Å²) in [6.45, 7) is 3.27. The molecule has 0 saturated heterocycles. The molecule has 3 rings (SSSR count). The molecule has 124 valence electrons. The first kappa shape index (κ1) is 16.2. The normalized spacial score (nSPS) is 26.7. The maximum Gasteiger partial charge on any atom is 0.307 e. The minimum absolute atomic E-state index is 0.00965. The molecule has 2 aliphatic rings. The molecule has 0 radical (unpaired) electrons. The number of esters is 1. The Labute approximate surface area is 136 Å². The Hall–Kier alpha value is -1.66. The highest BCUT2D eigenvalue weighted by molar-refractivity contribution is 7.86. The van der Waals surface area contributed by atoms with Crippen molar-refractivity contribution in [2.45, 2.75) is 44.1 Å². The molecule has 0 aromatic heterocycles. The van der Waals surface area contributed by atoms with E-state index in [4.69, 9.17) is 8.92 Å². The van der Waals surface area contributed by atoms with E-state index >= 15 is 0 Å². The molecule has 23 heavy (non-hydrogen) atoms. The Morgan fingerprint density at radius 2 is 1.87 bits per heavy atom. The van der Waals surface area contributed by atoms with Crippen molar-refractivity contribution in [1.82, 2.24) is 0 Å². The summed E-state index contributed by atoms with van der Waals surface area (Å²) in [5.74, 6) is 0.571. The molecule has 0 N–H and O–H groups in total. The number of carbonyl (C=O) groups is 1. The SMILES string of the molecule is CC(=O)OC1=CC2C(CCC2OS(=O)(=O)c2ccc(C)cc2)C1. The number of benzene rings is 1. The zero-order chi connectivity index (χ0) is 16.6. The van der Waals surface area contributed by atoms with Gasteiger partial charge in [0.25, 0.3) is 10.1 Å². The number of ether oxygens (including phenoxy) is 1. The summed E-state index contributed by atoms with van der Waals surface area (Å²) in [6, 6.07) is 6.63. The van der Waals surface area contributed by atoms with Crippen LogP contribution in [0.15, 0.2) is 41.0 Å². The Balaban J connectivity index is 1.74. The van der Waals surface area contributed by atoms with Crippen LogP contribution in [0, 0.1) is 18.8 Å². The van der Waals surface area contributed by atoms with E-state index in [1.807, 2.05) is 13.0 Å². The summed E-state index contributed by atoms with van der Waals surface area (Å²) in [4.78, 5) is 11.2. The topological polar surface area (TPSA) is 69.7 Å².